The minimum atomic E-state index is -2.46. The molecule has 96 valence electrons. The maximum Gasteiger partial charge on any atom is 0.258 e. The van der Waals surface area contributed by atoms with Gasteiger partial charge in [0.05, 0.1) is 22.8 Å². The Bertz CT molecular complexity index is 390. The molecule has 1 aromatic carbocycles. The fourth-order valence-electron chi connectivity index (χ4n) is 1.27. The number of hydrogen-bond acceptors (Lipinski definition) is 2. The molecule has 6 heteroatoms. The van der Waals surface area contributed by atoms with Crippen molar-refractivity contribution >= 4 is 33.2 Å². The summed E-state index contributed by atoms with van der Waals surface area (Å²) >= 11 is 9.16. The molecule has 0 amide bonds. The van der Waals surface area contributed by atoms with Crippen LogP contribution in [0.2, 0.25) is 5.02 Å². The highest BCUT2D eigenvalue weighted by Crippen LogP contribution is 2.37. The predicted octanol–water partition coefficient (Wildman–Crippen LogP) is 4.57. The molecular weight excluding hydrogens is 315 g/mol. The summed E-state index contributed by atoms with van der Waals surface area (Å²) in [5, 5.41) is 3.14. The lowest BCUT2D eigenvalue weighted by Gasteiger charge is -2.18. The number of hydrogen-bond donors (Lipinski definition) is 1. The summed E-state index contributed by atoms with van der Waals surface area (Å²) in [7, 11) is 0. The Balaban J connectivity index is 3.03. The van der Waals surface area contributed by atoms with E-state index in [0.717, 1.165) is 0 Å². The summed E-state index contributed by atoms with van der Waals surface area (Å²) in [6.45, 7) is 3.66. The van der Waals surface area contributed by atoms with Gasteiger partial charge >= 0.3 is 0 Å². The van der Waals surface area contributed by atoms with E-state index in [2.05, 4.69) is 21.2 Å². The van der Waals surface area contributed by atoms with Gasteiger partial charge in [0.2, 0.25) is 0 Å². The van der Waals surface area contributed by atoms with Gasteiger partial charge in [-0.25, -0.2) is 8.78 Å². The molecule has 0 fully saturated rings. The van der Waals surface area contributed by atoms with E-state index in [9.17, 15) is 8.78 Å². The van der Waals surface area contributed by atoms with Crippen molar-refractivity contribution in [1.29, 1.82) is 0 Å². The van der Waals surface area contributed by atoms with Crippen LogP contribution in [-0.2, 0) is 0 Å². The topological polar surface area (TPSA) is 21.3 Å². The van der Waals surface area contributed by atoms with Crippen LogP contribution in [0, 0.1) is 0 Å². The van der Waals surface area contributed by atoms with E-state index < -0.39 is 12.5 Å². The second kappa shape index (κ2) is 6.40. The summed E-state index contributed by atoms with van der Waals surface area (Å²) in [5.41, 5.74) is 0.457. The van der Waals surface area contributed by atoms with Crippen LogP contribution < -0.4 is 10.1 Å². The number of alkyl halides is 2. The monoisotopic (exact) mass is 327 g/mol. The van der Waals surface area contributed by atoms with Crippen LogP contribution in [0.4, 0.5) is 14.5 Å². The molecule has 1 atom stereocenters. The van der Waals surface area contributed by atoms with Gasteiger partial charge in [-0.1, -0.05) is 11.6 Å². The molecule has 0 saturated carbocycles. The zero-order valence-corrected chi connectivity index (χ0v) is 11.8. The van der Waals surface area contributed by atoms with Gasteiger partial charge in [0, 0.05) is 5.02 Å². The maximum absolute atomic E-state index is 12.5. The van der Waals surface area contributed by atoms with Gasteiger partial charge < -0.3 is 10.1 Å². The Labute approximate surface area is 112 Å². The van der Waals surface area contributed by atoms with Gasteiger partial charge in [0.15, 0.2) is 5.75 Å². The van der Waals surface area contributed by atoms with E-state index >= 15 is 0 Å². The smallest absolute Gasteiger partial charge is 0.258 e. The van der Waals surface area contributed by atoms with Crippen molar-refractivity contribution in [3.8, 4) is 5.75 Å². The molecule has 1 N–H and O–H groups in total. The molecule has 1 unspecified atom stereocenters. The number of anilines is 1. The first-order chi connectivity index (χ1) is 7.95. The number of ether oxygens (including phenoxy) is 1. The second-order valence-corrected chi connectivity index (χ2v) is 4.76. The van der Waals surface area contributed by atoms with Crippen LogP contribution in [0.25, 0.3) is 0 Å². The quantitative estimate of drug-likeness (QED) is 0.855. The number of benzene rings is 1. The van der Waals surface area contributed by atoms with E-state index in [0.29, 0.717) is 27.5 Å². The van der Waals surface area contributed by atoms with Gasteiger partial charge in [-0.3, -0.25) is 0 Å². The first kappa shape index (κ1) is 14.5. The van der Waals surface area contributed by atoms with Crippen molar-refractivity contribution < 1.29 is 13.5 Å². The molecule has 0 aromatic heterocycles. The van der Waals surface area contributed by atoms with Crippen LogP contribution in [0.1, 0.15) is 13.8 Å². The van der Waals surface area contributed by atoms with Gasteiger partial charge in [-0.05, 0) is 41.9 Å². The highest BCUT2D eigenvalue weighted by molar-refractivity contribution is 9.10. The summed E-state index contributed by atoms with van der Waals surface area (Å²) in [6.07, 6.45) is -2.46. The fourth-order valence-corrected chi connectivity index (χ4v) is 2.19. The summed E-state index contributed by atoms with van der Waals surface area (Å²) < 4.78 is 31.0. The SMILES string of the molecule is CCOc1c(Br)cc(Cl)cc1NC(C)C(F)F. The molecule has 0 heterocycles. The molecule has 0 radical (unpaired) electrons. The number of nitrogens with one attached hydrogen (secondary N) is 1. The Morgan fingerprint density at radius 3 is 2.65 bits per heavy atom. The van der Waals surface area contributed by atoms with E-state index in [1.54, 1.807) is 12.1 Å². The number of halogens is 4. The van der Waals surface area contributed by atoms with Crippen LogP contribution in [0.15, 0.2) is 16.6 Å². The third kappa shape index (κ3) is 4.00. The lowest BCUT2D eigenvalue weighted by molar-refractivity contribution is 0.130. The average molecular weight is 329 g/mol. The first-order valence-corrected chi connectivity index (χ1v) is 6.29. The van der Waals surface area contributed by atoms with E-state index in [4.69, 9.17) is 16.3 Å². The van der Waals surface area contributed by atoms with Gasteiger partial charge in [0.25, 0.3) is 6.43 Å². The molecule has 0 spiro atoms. The highest BCUT2D eigenvalue weighted by Gasteiger charge is 2.18. The summed E-state index contributed by atoms with van der Waals surface area (Å²) in [6, 6.07) is 2.25. The van der Waals surface area contributed by atoms with Crippen LogP contribution in [0.5, 0.6) is 5.75 Å². The largest absolute Gasteiger partial charge is 0.491 e. The molecule has 0 aliphatic carbocycles. The van der Waals surface area contributed by atoms with Crippen molar-refractivity contribution in [3.05, 3.63) is 21.6 Å². The Hall–Kier alpha value is -0.550. The summed E-state index contributed by atoms with van der Waals surface area (Å²) in [5.74, 6) is 0.490. The van der Waals surface area contributed by atoms with Crippen LogP contribution in [0.3, 0.4) is 0 Å². The Kier molecular flexibility index (Phi) is 5.46. The molecule has 0 bridgehead atoms. The standard InChI is InChI=1S/C11H13BrClF2NO/c1-3-17-10-8(12)4-7(13)5-9(10)16-6(2)11(14)15/h4-6,11,16H,3H2,1-2H3. The molecule has 0 aliphatic rings. The normalized spacial score (nSPS) is 12.6. The van der Waals surface area contributed by atoms with Gasteiger partial charge in [-0.15, -0.1) is 0 Å². The first-order valence-electron chi connectivity index (χ1n) is 5.12. The lowest BCUT2D eigenvalue weighted by Crippen LogP contribution is -2.24. The second-order valence-electron chi connectivity index (χ2n) is 3.46. The zero-order chi connectivity index (χ0) is 13.0. The minimum absolute atomic E-state index is 0.442. The molecule has 0 aliphatic heterocycles. The van der Waals surface area contributed by atoms with Crippen molar-refractivity contribution in [1.82, 2.24) is 0 Å². The molecule has 1 rings (SSSR count). The van der Waals surface area contributed by atoms with Gasteiger partial charge in [-0.2, -0.15) is 0 Å². The molecule has 0 saturated heterocycles. The molecule has 17 heavy (non-hydrogen) atoms. The molecule has 1 aromatic rings. The van der Waals surface area contributed by atoms with Crippen molar-refractivity contribution in [2.45, 2.75) is 26.3 Å². The Morgan fingerprint density at radius 2 is 2.12 bits per heavy atom. The molecular formula is C11H13BrClF2NO. The maximum atomic E-state index is 12.5. The third-order valence-corrected chi connectivity index (χ3v) is 2.87. The molecule has 2 nitrogen and oxygen atoms in total. The third-order valence-electron chi connectivity index (χ3n) is 2.06. The highest BCUT2D eigenvalue weighted by atomic mass is 79.9. The van der Waals surface area contributed by atoms with E-state index in [-0.39, 0.29) is 0 Å². The average Bonchev–Trinajstić information content (AvgIpc) is 2.22. The van der Waals surface area contributed by atoms with E-state index in [1.807, 2.05) is 6.92 Å². The Morgan fingerprint density at radius 1 is 1.47 bits per heavy atom. The van der Waals surface area contributed by atoms with Crippen molar-refractivity contribution in [2.24, 2.45) is 0 Å². The van der Waals surface area contributed by atoms with E-state index in [1.165, 1.54) is 6.92 Å². The summed E-state index contributed by atoms with van der Waals surface area (Å²) in [4.78, 5) is 0. The lowest BCUT2D eigenvalue weighted by atomic mass is 10.2. The number of rotatable bonds is 5. The fraction of sp³-hybridized carbons (Fsp3) is 0.455. The van der Waals surface area contributed by atoms with Crippen molar-refractivity contribution in [2.75, 3.05) is 11.9 Å². The van der Waals surface area contributed by atoms with Gasteiger partial charge in [0.1, 0.15) is 0 Å². The zero-order valence-electron chi connectivity index (χ0n) is 9.44. The van der Waals surface area contributed by atoms with Crippen LogP contribution >= 0.6 is 27.5 Å². The predicted molar refractivity (Wildman–Crippen MR) is 69.4 cm³/mol. The minimum Gasteiger partial charge on any atom is -0.491 e. The van der Waals surface area contributed by atoms with Crippen LogP contribution in [-0.4, -0.2) is 19.1 Å². The van der Waals surface area contributed by atoms with Crippen molar-refractivity contribution in [3.63, 3.8) is 0 Å².